The number of carboxylic acid groups (broad SMARTS) is 2. The molecule has 7 nitrogen and oxygen atoms in total. The van der Waals surface area contributed by atoms with Crippen molar-refractivity contribution < 1.29 is 103 Å². The summed E-state index contributed by atoms with van der Waals surface area (Å²) in [7, 11) is -7.54. The van der Waals surface area contributed by atoms with Gasteiger partial charge in [0.15, 0.2) is 0 Å². The quantitative estimate of drug-likeness (QED) is 0.191. The molecule has 0 fully saturated rings. The van der Waals surface area contributed by atoms with Crippen LogP contribution in [0.4, 0.5) is 70.2 Å². The van der Waals surface area contributed by atoms with E-state index in [1.54, 1.807) is 0 Å². The SMILES string of the molecule is O=C(O)C(CC(F)(F)C(F)(F)C(F)(F)C(F)F)C(CC(F)(F)C(F)(F)C(F)(F)C(F)F)(C(=O)O)S(=O)(=O)O. The lowest BCUT2D eigenvalue weighted by molar-refractivity contribution is -0.345. The number of hydrogen-bond acceptors (Lipinski definition) is 4. The Morgan fingerprint density at radius 2 is 0.974 bits per heavy atom. The summed E-state index contributed by atoms with van der Waals surface area (Å²) >= 11 is 0. The molecule has 226 valence electrons. The summed E-state index contributed by atoms with van der Waals surface area (Å²) in [5.41, 5.74) is 0. The Balaban J connectivity index is 7.41. The minimum atomic E-state index is -7.61. The predicted molar refractivity (Wildman–Crippen MR) is 84.0 cm³/mol. The topological polar surface area (TPSA) is 129 Å². The third-order valence-corrected chi connectivity index (χ3v) is 6.46. The largest absolute Gasteiger partial charge is 0.481 e. The van der Waals surface area contributed by atoms with E-state index < -0.39 is 93.9 Å². The van der Waals surface area contributed by atoms with Crippen molar-refractivity contribution in [2.45, 2.75) is 66.0 Å². The van der Waals surface area contributed by atoms with Crippen LogP contribution >= 0.6 is 0 Å². The molecule has 3 N–H and O–H groups in total. The van der Waals surface area contributed by atoms with Crippen LogP contribution in [0, 0.1) is 5.92 Å². The molecule has 0 radical (unpaired) electrons. The second-order valence-corrected chi connectivity index (χ2v) is 9.03. The molecule has 0 bridgehead atoms. The molecule has 2 unspecified atom stereocenters. The lowest BCUT2D eigenvalue weighted by Gasteiger charge is -2.40. The molecule has 0 saturated heterocycles. The van der Waals surface area contributed by atoms with Gasteiger partial charge in [-0.25, -0.2) is 17.6 Å². The average Bonchev–Trinajstić information content (AvgIpc) is 2.68. The maximum absolute atomic E-state index is 14.1. The molecule has 0 spiro atoms. The summed E-state index contributed by atoms with van der Waals surface area (Å²) in [4.78, 5) is 22.7. The van der Waals surface area contributed by atoms with Gasteiger partial charge in [-0.1, -0.05) is 0 Å². The van der Waals surface area contributed by atoms with Crippen molar-refractivity contribution >= 4 is 22.1 Å². The van der Waals surface area contributed by atoms with E-state index in [9.17, 15) is 88.3 Å². The normalized spacial score (nSPS) is 17.4. The maximum Gasteiger partial charge on any atom is 0.377 e. The second-order valence-electron chi connectivity index (χ2n) is 7.35. The minimum absolute atomic E-state index is 3.71. The van der Waals surface area contributed by atoms with Crippen LogP contribution in [-0.2, 0) is 19.7 Å². The molecular formula is C14H10F16O7S. The fourth-order valence-electron chi connectivity index (χ4n) is 2.77. The van der Waals surface area contributed by atoms with Crippen molar-refractivity contribution in [1.29, 1.82) is 0 Å². The highest BCUT2D eigenvalue weighted by Gasteiger charge is 2.81. The summed E-state index contributed by atoms with van der Waals surface area (Å²) in [6.07, 6.45) is -19.9. The Labute approximate surface area is 198 Å². The number of halogens is 16. The Kier molecular flexibility index (Phi) is 9.44. The molecule has 0 aromatic heterocycles. The van der Waals surface area contributed by atoms with Crippen LogP contribution in [0.5, 0.6) is 0 Å². The number of carboxylic acids is 2. The molecule has 0 saturated carbocycles. The first-order valence-electron chi connectivity index (χ1n) is 8.59. The Morgan fingerprint density at radius 1 is 0.658 bits per heavy atom. The maximum atomic E-state index is 14.1. The summed E-state index contributed by atoms with van der Waals surface area (Å²) in [6.45, 7) is 0. The first-order valence-corrected chi connectivity index (χ1v) is 10.0. The molecule has 38 heavy (non-hydrogen) atoms. The van der Waals surface area contributed by atoms with Crippen molar-refractivity contribution in [1.82, 2.24) is 0 Å². The highest BCUT2D eigenvalue weighted by molar-refractivity contribution is 7.88. The van der Waals surface area contributed by atoms with Gasteiger partial charge in [-0.05, 0) is 0 Å². The van der Waals surface area contributed by atoms with E-state index >= 15 is 0 Å². The van der Waals surface area contributed by atoms with Crippen molar-refractivity contribution in [2.75, 3.05) is 0 Å². The van der Waals surface area contributed by atoms with Crippen molar-refractivity contribution in [2.24, 2.45) is 5.92 Å². The Hall–Kier alpha value is -2.27. The molecule has 0 aromatic carbocycles. The molecule has 0 aromatic rings. The fraction of sp³-hybridized carbons (Fsp3) is 0.857. The van der Waals surface area contributed by atoms with Gasteiger partial charge in [0.1, 0.15) is 0 Å². The van der Waals surface area contributed by atoms with Crippen molar-refractivity contribution in [3.63, 3.8) is 0 Å². The zero-order valence-electron chi connectivity index (χ0n) is 17.1. The van der Waals surface area contributed by atoms with Gasteiger partial charge in [-0.15, -0.1) is 0 Å². The van der Waals surface area contributed by atoms with Gasteiger partial charge in [0.05, 0.1) is 12.3 Å². The number of hydrogen-bond donors (Lipinski definition) is 3. The van der Waals surface area contributed by atoms with Gasteiger partial charge in [0, 0.05) is 6.42 Å². The minimum Gasteiger partial charge on any atom is -0.481 e. The number of carbonyl (C=O) groups is 2. The molecule has 0 aliphatic heterocycles. The molecule has 0 aliphatic carbocycles. The van der Waals surface area contributed by atoms with Crippen LogP contribution in [0.1, 0.15) is 12.8 Å². The Morgan fingerprint density at radius 3 is 1.21 bits per heavy atom. The van der Waals surface area contributed by atoms with Gasteiger partial charge < -0.3 is 10.2 Å². The van der Waals surface area contributed by atoms with Crippen LogP contribution in [-0.4, -0.2) is 88.3 Å². The zero-order chi connectivity index (χ0) is 31.3. The van der Waals surface area contributed by atoms with Gasteiger partial charge in [0.2, 0.25) is 4.75 Å². The van der Waals surface area contributed by atoms with Crippen LogP contribution in [0.3, 0.4) is 0 Å². The van der Waals surface area contributed by atoms with Gasteiger partial charge in [-0.3, -0.25) is 14.1 Å². The van der Waals surface area contributed by atoms with Gasteiger partial charge >= 0.3 is 60.3 Å². The Bertz CT molecular complexity index is 1010. The van der Waals surface area contributed by atoms with Crippen LogP contribution in [0.15, 0.2) is 0 Å². The van der Waals surface area contributed by atoms with E-state index in [4.69, 9.17) is 14.8 Å². The lowest BCUT2D eigenvalue weighted by Crippen LogP contribution is -2.66. The predicted octanol–water partition coefficient (Wildman–Crippen LogP) is 4.52. The van der Waals surface area contributed by atoms with E-state index in [0.29, 0.717) is 0 Å². The highest BCUT2D eigenvalue weighted by atomic mass is 32.2. The number of aliphatic carboxylic acids is 2. The fourth-order valence-corrected chi connectivity index (χ4v) is 3.90. The van der Waals surface area contributed by atoms with E-state index in [2.05, 4.69) is 0 Å². The molecule has 0 heterocycles. The summed E-state index contributed by atoms with van der Waals surface area (Å²) in [6, 6.07) is 0. The summed E-state index contributed by atoms with van der Waals surface area (Å²) in [5, 5.41) is 17.8. The summed E-state index contributed by atoms with van der Waals surface area (Å²) in [5.74, 6) is -56.5. The van der Waals surface area contributed by atoms with Crippen molar-refractivity contribution in [3.05, 3.63) is 0 Å². The van der Waals surface area contributed by atoms with E-state index in [1.807, 2.05) is 0 Å². The third kappa shape index (κ3) is 5.41. The first-order chi connectivity index (χ1) is 16.3. The standard InChI is InChI=1S/C14H10F16O7S/c15-5(16)11(23,24)13(27,28)9(19,20)1-3(4(31)32)8(7(33)34,38(35,36)37)2-10(21,22)14(29,30)12(25,26)6(17)18/h3,5-6H,1-2H2,(H,31,32)(H,33,34)(H,35,36,37). The molecular weight excluding hydrogens is 616 g/mol. The first kappa shape index (κ1) is 35.7. The van der Waals surface area contributed by atoms with E-state index in [-0.39, 0.29) is 0 Å². The lowest BCUT2D eigenvalue weighted by atomic mass is 9.79. The average molecular weight is 626 g/mol. The molecule has 2 atom stereocenters. The molecule has 24 heteroatoms. The van der Waals surface area contributed by atoms with Crippen LogP contribution in [0.25, 0.3) is 0 Å². The third-order valence-electron chi connectivity index (χ3n) is 4.93. The molecule has 0 amide bonds. The van der Waals surface area contributed by atoms with E-state index in [1.165, 1.54) is 0 Å². The number of alkyl halides is 16. The smallest absolute Gasteiger partial charge is 0.377 e. The monoisotopic (exact) mass is 626 g/mol. The highest BCUT2D eigenvalue weighted by Crippen LogP contribution is 2.56. The molecule has 0 aliphatic rings. The van der Waals surface area contributed by atoms with Gasteiger partial charge in [0.25, 0.3) is 10.1 Å². The second kappa shape index (κ2) is 10.0. The van der Waals surface area contributed by atoms with Crippen molar-refractivity contribution in [3.8, 4) is 0 Å². The zero-order valence-corrected chi connectivity index (χ0v) is 17.9. The van der Waals surface area contributed by atoms with E-state index in [0.717, 1.165) is 0 Å². The summed E-state index contributed by atoms with van der Waals surface area (Å²) < 4.78 is 237. The van der Waals surface area contributed by atoms with Crippen LogP contribution in [0.2, 0.25) is 0 Å². The number of rotatable bonds is 14. The molecule has 0 rings (SSSR count). The van der Waals surface area contributed by atoms with Crippen LogP contribution < -0.4 is 0 Å². The van der Waals surface area contributed by atoms with Gasteiger partial charge in [-0.2, -0.15) is 61.1 Å².